The number of hydrogen-bond acceptors (Lipinski definition) is 3. The number of amides is 1. The molecule has 1 heterocycles. The Balaban J connectivity index is 1.87. The molecule has 0 aliphatic carbocycles. The molecular weight excluding hydrogens is 264 g/mol. The van der Waals surface area contributed by atoms with Gasteiger partial charge < -0.3 is 11.1 Å². The van der Waals surface area contributed by atoms with Crippen LogP contribution in [0.25, 0.3) is 0 Å². The number of rotatable bonds is 3. The van der Waals surface area contributed by atoms with Crippen molar-refractivity contribution in [3.8, 4) is 0 Å². The summed E-state index contributed by atoms with van der Waals surface area (Å²) in [5.74, 6) is -1.70. The van der Waals surface area contributed by atoms with Gasteiger partial charge in [-0.1, -0.05) is 6.92 Å². The lowest BCUT2D eigenvalue weighted by Gasteiger charge is -2.34. The summed E-state index contributed by atoms with van der Waals surface area (Å²) in [7, 11) is 0. The maximum atomic E-state index is 13.0. The number of carbonyl (C=O) groups excluding carboxylic acids is 1. The van der Waals surface area contributed by atoms with Crippen molar-refractivity contribution >= 4 is 11.6 Å². The SMILES string of the molecule is CC1CCN(CC(=O)Nc2ccc(F)c(F)c2)CC1N. The highest BCUT2D eigenvalue weighted by molar-refractivity contribution is 5.92. The number of carbonyl (C=O) groups is 1. The first-order chi connectivity index (χ1) is 9.45. The van der Waals surface area contributed by atoms with E-state index in [4.69, 9.17) is 5.73 Å². The third-order valence-corrected chi connectivity index (χ3v) is 3.67. The van der Waals surface area contributed by atoms with Crippen molar-refractivity contribution in [3.05, 3.63) is 29.8 Å². The van der Waals surface area contributed by atoms with Crippen LogP contribution in [0.15, 0.2) is 18.2 Å². The molecule has 3 N–H and O–H groups in total. The summed E-state index contributed by atoms with van der Waals surface area (Å²) in [5.41, 5.74) is 6.22. The van der Waals surface area contributed by atoms with E-state index in [0.717, 1.165) is 25.1 Å². The quantitative estimate of drug-likeness (QED) is 0.885. The van der Waals surface area contributed by atoms with Crippen molar-refractivity contribution in [2.24, 2.45) is 11.7 Å². The predicted octanol–water partition coefficient (Wildman–Crippen LogP) is 1.57. The van der Waals surface area contributed by atoms with Gasteiger partial charge in [0.05, 0.1) is 6.54 Å². The molecule has 0 radical (unpaired) electrons. The van der Waals surface area contributed by atoms with Crippen LogP contribution in [0, 0.1) is 17.6 Å². The van der Waals surface area contributed by atoms with Crippen LogP contribution in [0.4, 0.5) is 14.5 Å². The van der Waals surface area contributed by atoms with Gasteiger partial charge in [0.1, 0.15) is 0 Å². The number of nitrogens with one attached hydrogen (secondary N) is 1. The van der Waals surface area contributed by atoms with E-state index in [2.05, 4.69) is 12.2 Å². The summed E-state index contributed by atoms with van der Waals surface area (Å²) in [5, 5.41) is 2.56. The van der Waals surface area contributed by atoms with E-state index >= 15 is 0 Å². The summed E-state index contributed by atoms with van der Waals surface area (Å²) in [6.07, 6.45) is 0.958. The van der Waals surface area contributed by atoms with E-state index in [1.807, 2.05) is 4.90 Å². The van der Waals surface area contributed by atoms with Gasteiger partial charge >= 0.3 is 0 Å². The second-order valence-electron chi connectivity index (χ2n) is 5.34. The molecule has 0 spiro atoms. The molecule has 1 saturated heterocycles. The number of nitrogens with zero attached hydrogens (tertiary/aromatic N) is 1. The van der Waals surface area contributed by atoms with E-state index in [1.54, 1.807) is 0 Å². The Bertz CT molecular complexity index is 495. The summed E-state index contributed by atoms with van der Waals surface area (Å²) in [4.78, 5) is 13.8. The zero-order valence-corrected chi connectivity index (χ0v) is 11.4. The lowest BCUT2D eigenvalue weighted by atomic mass is 9.94. The van der Waals surface area contributed by atoms with E-state index < -0.39 is 11.6 Å². The first-order valence-corrected chi connectivity index (χ1v) is 6.68. The first kappa shape index (κ1) is 14.9. The molecule has 0 saturated carbocycles. The van der Waals surface area contributed by atoms with Crippen molar-refractivity contribution in [2.75, 3.05) is 25.0 Å². The van der Waals surface area contributed by atoms with Crippen molar-refractivity contribution in [3.63, 3.8) is 0 Å². The van der Waals surface area contributed by atoms with Gasteiger partial charge in [-0.3, -0.25) is 9.69 Å². The number of benzene rings is 1. The molecule has 1 aromatic carbocycles. The normalized spacial score (nSPS) is 23.6. The van der Waals surface area contributed by atoms with Crippen LogP contribution in [0.1, 0.15) is 13.3 Å². The van der Waals surface area contributed by atoms with Crippen LogP contribution in [0.5, 0.6) is 0 Å². The minimum absolute atomic E-state index is 0.0693. The van der Waals surface area contributed by atoms with Gasteiger partial charge in [-0.15, -0.1) is 0 Å². The van der Waals surface area contributed by atoms with Gasteiger partial charge in [0.2, 0.25) is 5.91 Å². The van der Waals surface area contributed by atoms with Crippen molar-refractivity contribution < 1.29 is 13.6 Å². The molecule has 2 unspecified atom stereocenters. The fourth-order valence-electron chi connectivity index (χ4n) is 2.29. The molecule has 2 atom stereocenters. The summed E-state index contributed by atoms with van der Waals surface area (Å²) < 4.78 is 25.8. The fourth-order valence-corrected chi connectivity index (χ4v) is 2.29. The zero-order chi connectivity index (χ0) is 14.7. The molecule has 20 heavy (non-hydrogen) atoms. The number of piperidine rings is 1. The number of anilines is 1. The average molecular weight is 283 g/mol. The lowest BCUT2D eigenvalue weighted by Crippen LogP contribution is -2.49. The van der Waals surface area contributed by atoms with E-state index in [-0.39, 0.29) is 24.2 Å². The van der Waals surface area contributed by atoms with E-state index in [9.17, 15) is 13.6 Å². The Morgan fingerprint density at radius 3 is 2.85 bits per heavy atom. The third-order valence-electron chi connectivity index (χ3n) is 3.67. The van der Waals surface area contributed by atoms with E-state index in [0.29, 0.717) is 12.5 Å². The molecule has 1 fully saturated rings. The van der Waals surface area contributed by atoms with Gasteiger partial charge in [-0.25, -0.2) is 8.78 Å². The smallest absolute Gasteiger partial charge is 0.238 e. The highest BCUT2D eigenvalue weighted by Gasteiger charge is 2.24. The Labute approximate surface area is 116 Å². The highest BCUT2D eigenvalue weighted by atomic mass is 19.2. The minimum atomic E-state index is -0.975. The standard InChI is InChI=1S/C14H19F2N3O/c1-9-4-5-19(7-13(9)17)8-14(20)18-10-2-3-11(15)12(16)6-10/h2-3,6,9,13H,4-5,7-8,17H2,1H3,(H,18,20). The molecule has 4 nitrogen and oxygen atoms in total. The predicted molar refractivity (Wildman–Crippen MR) is 73.2 cm³/mol. The van der Waals surface area contributed by atoms with Crippen molar-refractivity contribution in [1.82, 2.24) is 4.90 Å². The van der Waals surface area contributed by atoms with Gasteiger partial charge in [0.25, 0.3) is 0 Å². The molecule has 1 aromatic rings. The van der Waals surface area contributed by atoms with Crippen LogP contribution in [0.3, 0.4) is 0 Å². The molecule has 6 heteroatoms. The molecule has 1 amide bonds. The van der Waals surface area contributed by atoms with Gasteiger partial charge in [-0.2, -0.15) is 0 Å². The molecular formula is C14H19F2N3O. The summed E-state index contributed by atoms with van der Waals surface area (Å²) in [6, 6.07) is 3.36. The Morgan fingerprint density at radius 1 is 1.45 bits per heavy atom. The molecule has 1 aliphatic heterocycles. The third kappa shape index (κ3) is 3.74. The molecule has 0 aromatic heterocycles. The zero-order valence-electron chi connectivity index (χ0n) is 11.4. The topological polar surface area (TPSA) is 58.4 Å². The molecule has 1 aliphatic rings. The maximum absolute atomic E-state index is 13.0. The Morgan fingerprint density at radius 2 is 2.20 bits per heavy atom. The number of nitrogens with two attached hydrogens (primary N) is 1. The monoisotopic (exact) mass is 283 g/mol. The maximum Gasteiger partial charge on any atom is 0.238 e. The first-order valence-electron chi connectivity index (χ1n) is 6.68. The second-order valence-corrected chi connectivity index (χ2v) is 5.34. The highest BCUT2D eigenvalue weighted by Crippen LogP contribution is 2.16. The largest absolute Gasteiger partial charge is 0.326 e. The second kappa shape index (κ2) is 6.28. The number of halogens is 2. The lowest BCUT2D eigenvalue weighted by molar-refractivity contribution is -0.117. The van der Waals surface area contributed by atoms with Crippen LogP contribution in [-0.4, -0.2) is 36.5 Å². The van der Waals surface area contributed by atoms with Crippen LogP contribution in [-0.2, 0) is 4.79 Å². The minimum Gasteiger partial charge on any atom is -0.326 e. The van der Waals surface area contributed by atoms with Crippen molar-refractivity contribution in [2.45, 2.75) is 19.4 Å². The van der Waals surface area contributed by atoms with Gasteiger partial charge in [0.15, 0.2) is 11.6 Å². The molecule has 2 rings (SSSR count). The van der Waals surface area contributed by atoms with E-state index in [1.165, 1.54) is 6.07 Å². The van der Waals surface area contributed by atoms with Crippen LogP contribution < -0.4 is 11.1 Å². The Kier molecular flexibility index (Phi) is 4.67. The van der Waals surface area contributed by atoms with Gasteiger partial charge in [-0.05, 0) is 31.0 Å². The van der Waals surface area contributed by atoms with Crippen LogP contribution in [0.2, 0.25) is 0 Å². The Hall–Kier alpha value is -1.53. The van der Waals surface area contributed by atoms with Gasteiger partial charge in [0, 0.05) is 24.3 Å². The summed E-state index contributed by atoms with van der Waals surface area (Å²) in [6.45, 7) is 3.80. The fraction of sp³-hybridized carbons (Fsp3) is 0.500. The average Bonchev–Trinajstić information content (AvgIpc) is 2.38. The summed E-state index contributed by atoms with van der Waals surface area (Å²) >= 11 is 0. The number of likely N-dealkylation sites (tertiary alicyclic amines) is 1. The molecule has 0 bridgehead atoms. The molecule has 110 valence electrons. The van der Waals surface area contributed by atoms with Crippen molar-refractivity contribution in [1.29, 1.82) is 0 Å². The van der Waals surface area contributed by atoms with Crippen LogP contribution >= 0.6 is 0 Å². The number of hydrogen-bond donors (Lipinski definition) is 2.